The Morgan fingerprint density at radius 2 is 1.91 bits per heavy atom. The molecule has 0 saturated carbocycles. The fourth-order valence-electron chi connectivity index (χ4n) is 2.50. The minimum Gasteiger partial charge on any atom is -0.354 e. The molecule has 0 atom stereocenters. The zero-order valence-electron chi connectivity index (χ0n) is 13.3. The zero-order valence-corrected chi connectivity index (χ0v) is 13.3. The van der Waals surface area contributed by atoms with Crippen molar-refractivity contribution in [3.05, 3.63) is 65.6 Å². The molecule has 23 heavy (non-hydrogen) atoms. The zero-order chi connectivity index (χ0) is 16.2. The molecule has 0 saturated heterocycles. The molecule has 5 nitrogen and oxygen atoms in total. The highest BCUT2D eigenvalue weighted by Crippen LogP contribution is 2.17. The molecule has 2 N–H and O–H groups in total. The number of aromatic nitrogens is 3. The molecule has 0 aliphatic carbocycles. The summed E-state index contributed by atoms with van der Waals surface area (Å²) in [4.78, 5) is 17.2. The van der Waals surface area contributed by atoms with Crippen molar-refractivity contribution in [2.75, 3.05) is 7.05 Å². The van der Waals surface area contributed by atoms with E-state index in [0.717, 1.165) is 29.1 Å². The van der Waals surface area contributed by atoms with Crippen molar-refractivity contribution in [2.45, 2.75) is 19.9 Å². The van der Waals surface area contributed by atoms with Crippen LogP contribution in [0.5, 0.6) is 0 Å². The predicted molar refractivity (Wildman–Crippen MR) is 90.0 cm³/mol. The number of aryl methyl sites for hydroxylation is 1. The number of carbonyl (C=O) groups excluding carboxylic acids is 1. The molecule has 118 valence electrons. The molecule has 3 rings (SSSR count). The van der Waals surface area contributed by atoms with Crippen molar-refractivity contribution in [1.29, 1.82) is 0 Å². The third-order valence-electron chi connectivity index (χ3n) is 3.81. The van der Waals surface area contributed by atoms with E-state index in [1.165, 1.54) is 0 Å². The Labute approximate surface area is 135 Å². The average molecular weight is 308 g/mol. The fourth-order valence-corrected chi connectivity index (χ4v) is 2.50. The van der Waals surface area contributed by atoms with Crippen molar-refractivity contribution in [1.82, 2.24) is 20.1 Å². The lowest BCUT2D eigenvalue weighted by Gasteiger charge is -2.15. The minimum absolute atomic E-state index is 0.0273. The Morgan fingerprint density at radius 3 is 2.61 bits per heavy atom. The molecule has 5 heteroatoms. The van der Waals surface area contributed by atoms with Crippen molar-refractivity contribution in [3.8, 4) is 11.3 Å². The van der Waals surface area contributed by atoms with Crippen LogP contribution in [0, 0.1) is 0 Å². The van der Waals surface area contributed by atoms with Crippen LogP contribution in [0.4, 0.5) is 0 Å². The van der Waals surface area contributed by atoms with E-state index in [2.05, 4.69) is 22.1 Å². The highest BCUT2D eigenvalue weighted by atomic mass is 16.2. The second kappa shape index (κ2) is 6.52. The van der Waals surface area contributed by atoms with Gasteiger partial charge in [-0.3, -0.25) is 9.89 Å². The molecule has 1 aromatic carbocycles. The summed E-state index contributed by atoms with van der Waals surface area (Å²) in [5.74, 6) is -0.0273. The molecule has 1 amide bonds. The van der Waals surface area contributed by atoms with Gasteiger partial charge in [-0.1, -0.05) is 37.3 Å². The Morgan fingerprint density at radius 1 is 1.13 bits per heavy atom. The van der Waals surface area contributed by atoms with Crippen LogP contribution < -0.4 is 0 Å². The Kier molecular flexibility index (Phi) is 4.28. The van der Waals surface area contributed by atoms with Crippen molar-refractivity contribution in [3.63, 3.8) is 0 Å². The number of carbonyl (C=O) groups is 1. The molecule has 0 aliphatic heterocycles. The summed E-state index contributed by atoms with van der Waals surface area (Å²) >= 11 is 0. The summed E-state index contributed by atoms with van der Waals surface area (Å²) in [5.41, 5.74) is 4.53. The van der Waals surface area contributed by atoms with E-state index in [-0.39, 0.29) is 5.91 Å². The SMILES string of the molecule is CCc1ccc(C(=O)N(C)Cc2cc(-c3ccccc3)n[nH]2)[nH]1. The third-order valence-corrected chi connectivity index (χ3v) is 3.81. The number of rotatable bonds is 5. The monoisotopic (exact) mass is 308 g/mol. The van der Waals surface area contributed by atoms with Gasteiger partial charge in [-0.05, 0) is 24.6 Å². The summed E-state index contributed by atoms with van der Waals surface area (Å²) < 4.78 is 0. The van der Waals surface area contributed by atoms with Gasteiger partial charge in [-0.25, -0.2) is 0 Å². The maximum atomic E-state index is 12.4. The number of nitrogens with one attached hydrogen (secondary N) is 2. The molecule has 0 spiro atoms. The topological polar surface area (TPSA) is 64.8 Å². The number of hydrogen-bond donors (Lipinski definition) is 2. The largest absolute Gasteiger partial charge is 0.354 e. The number of hydrogen-bond acceptors (Lipinski definition) is 2. The van der Waals surface area contributed by atoms with Crippen LogP contribution in [0.25, 0.3) is 11.3 Å². The van der Waals surface area contributed by atoms with Crippen LogP contribution in [0.1, 0.15) is 28.8 Å². The van der Waals surface area contributed by atoms with Crippen LogP contribution in [0.3, 0.4) is 0 Å². The van der Waals surface area contributed by atoms with E-state index < -0.39 is 0 Å². The Hall–Kier alpha value is -2.82. The highest BCUT2D eigenvalue weighted by Gasteiger charge is 2.15. The van der Waals surface area contributed by atoms with Gasteiger partial charge in [-0.2, -0.15) is 5.10 Å². The summed E-state index contributed by atoms with van der Waals surface area (Å²) in [6.07, 6.45) is 0.887. The molecule has 0 unspecified atom stereocenters. The maximum Gasteiger partial charge on any atom is 0.270 e. The van der Waals surface area contributed by atoms with Crippen LogP contribution >= 0.6 is 0 Å². The average Bonchev–Trinajstić information content (AvgIpc) is 3.24. The fraction of sp³-hybridized carbons (Fsp3) is 0.222. The summed E-state index contributed by atoms with van der Waals surface area (Å²) in [7, 11) is 1.79. The molecular formula is C18H20N4O. The lowest BCUT2D eigenvalue weighted by Crippen LogP contribution is -2.26. The van der Waals surface area contributed by atoms with Gasteiger partial charge in [0.05, 0.1) is 17.9 Å². The van der Waals surface area contributed by atoms with E-state index in [4.69, 9.17) is 0 Å². The molecule has 0 radical (unpaired) electrons. The van der Waals surface area contributed by atoms with E-state index >= 15 is 0 Å². The minimum atomic E-state index is -0.0273. The first kappa shape index (κ1) is 15.1. The van der Waals surface area contributed by atoms with Gasteiger partial charge in [0.2, 0.25) is 0 Å². The van der Waals surface area contributed by atoms with Crippen LogP contribution in [0.15, 0.2) is 48.5 Å². The first-order valence-electron chi connectivity index (χ1n) is 7.70. The van der Waals surface area contributed by atoms with Gasteiger partial charge in [0.25, 0.3) is 5.91 Å². The molecule has 0 fully saturated rings. The van der Waals surface area contributed by atoms with Gasteiger partial charge >= 0.3 is 0 Å². The second-order valence-electron chi connectivity index (χ2n) is 5.56. The number of aromatic amines is 2. The third kappa shape index (κ3) is 3.34. The van der Waals surface area contributed by atoms with Crippen LogP contribution in [0.2, 0.25) is 0 Å². The van der Waals surface area contributed by atoms with E-state index in [1.54, 1.807) is 11.9 Å². The predicted octanol–water partition coefficient (Wildman–Crippen LogP) is 3.24. The van der Waals surface area contributed by atoms with Crippen molar-refractivity contribution in [2.24, 2.45) is 0 Å². The number of H-pyrrole nitrogens is 2. The quantitative estimate of drug-likeness (QED) is 0.760. The second-order valence-corrected chi connectivity index (χ2v) is 5.56. The highest BCUT2D eigenvalue weighted by molar-refractivity contribution is 5.92. The molecule has 3 aromatic rings. The summed E-state index contributed by atoms with van der Waals surface area (Å²) in [6, 6.07) is 15.7. The summed E-state index contributed by atoms with van der Waals surface area (Å²) in [6.45, 7) is 2.54. The van der Waals surface area contributed by atoms with Crippen molar-refractivity contribution >= 4 is 5.91 Å². The standard InChI is InChI=1S/C18H20N4O/c1-3-14-9-10-16(19-14)18(23)22(2)12-15-11-17(21-20-15)13-7-5-4-6-8-13/h4-11,19H,3,12H2,1-2H3,(H,20,21). The van der Waals surface area contributed by atoms with Gasteiger partial charge in [0.1, 0.15) is 5.69 Å². The molecule has 2 aromatic heterocycles. The van der Waals surface area contributed by atoms with Gasteiger partial charge in [0.15, 0.2) is 0 Å². The van der Waals surface area contributed by atoms with Gasteiger partial charge in [0, 0.05) is 18.3 Å². The number of nitrogens with zero attached hydrogens (tertiary/aromatic N) is 2. The smallest absolute Gasteiger partial charge is 0.270 e. The van der Waals surface area contributed by atoms with E-state index in [0.29, 0.717) is 12.2 Å². The molecule has 2 heterocycles. The van der Waals surface area contributed by atoms with E-state index in [1.807, 2.05) is 48.5 Å². The maximum absolute atomic E-state index is 12.4. The van der Waals surface area contributed by atoms with Crippen LogP contribution in [-0.4, -0.2) is 33.0 Å². The first-order chi connectivity index (χ1) is 11.2. The number of benzene rings is 1. The molecule has 0 aliphatic rings. The summed E-state index contributed by atoms with van der Waals surface area (Å²) in [5, 5.41) is 7.32. The Balaban J connectivity index is 1.69. The van der Waals surface area contributed by atoms with Gasteiger partial charge in [-0.15, -0.1) is 0 Å². The first-order valence-corrected chi connectivity index (χ1v) is 7.70. The Bertz CT molecular complexity index is 788. The molecule has 0 bridgehead atoms. The number of amides is 1. The van der Waals surface area contributed by atoms with Crippen molar-refractivity contribution < 1.29 is 4.79 Å². The van der Waals surface area contributed by atoms with Gasteiger partial charge < -0.3 is 9.88 Å². The lowest BCUT2D eigenvalue weighted by molar-refractivity contribution is 0.0778. The lowest BCUT2D eigenvalue weighted by atomic mass is 10.1. The van der Waals surface area contributed by atoms with Crippen LogP contribution in [-0.2, 0) is 13.0 Å². The molecular weight excluding hydrogens is 288 g/mol. The normalized spacial score (nSPS) is 10.7. The van der Waals surface area contributed by atoms with E-state index in [9.17, 15) is 4.79 Å².